The van der Waals surface area contributed by atoms with Gasteiger partial charge in [0.05, 0.1) is 12.9 Å². The lowest BCUT2D eigenvalue weighted by molar-refractivity contribution is 0.105. The molecule has 0 aliphatic carbocycles. The number of hydrogen-bond donors (Lipinski definition) is 2. The summed E-state index contributed by atoms with van der Waals surface area (Å²) in [5.41, 5.74) is 0. The van der Waals surface area contributed by atoms with Crippen LogP contribution in [0.1, 0.15) is 12.2 Å². The minimum atomic E-state index is 0.522. The molecule has 7 heteroatoms. The van der Waals surface area contributed by atoms with Crippen molar-refractivity contribution in [2.24, 2.45) is 4.99 Å². The van der Waals surface area contributed by atoms with Gasteiger partial charge in [0.1, 0.15) is 12.4 Å². The topological polar surface area (TPSA) is 71.3 Å². The number of aliphatic imine (C=N–C) groups is 1. The van der Waals surface area contributed by atoms with E-state index >= 15 is 0 Å². The lowest BCUT2D eigenvalue weighted by Gasteiger charge is -2.17. The van der Waals surface area contributed by atoms with Crippen molar-refractivity contribution in [3.8, 4) is 0 Å². The maximum atomic E-state index is 5.53. The predicted octanol–water partition coefficient (Wildman–Crippen LogP) is 0.930. The van der Waals surface area contributed by atoms with E-state index in [9.17, 15) is 0 Å². The van der Waals surface area contributed by atoms with E-state index in [4.69, 9.17) is 13.9 Å². The molecular formula is C16H30N4O3. The SMILES string of the molecule is CN=C(NCCCOCc1ccco1)NCCN(C)CCOC. The first-order chi connectivity index (χ1) is 11.3. The van der Waals surface area contributed by atoms with Crippen LogP contribution in [0.4, 0.5) is 0 Å². The van der Waals surface area contributed by atoms with Crippen molar-refractivity contribution in [3.05, 3.63) is 24.2 Å². The van der Waals surface area contributed by atoms with Crippen molar-refractivity contribution in [1.29, 1.82) is 0 Å². The summed E-state index contributed by atoms with van der Waals surface area (Å²) in [4.78, 5) is 6.42. The summed E-state index contributed by atoms with van der Waals surface area (Å²) in [7, 11) is 5.57. The molecule has 0 unspecified atom stereocenters. The Bertz CT molecular complexity index is 409. The van der Waals surface area contributed by atoms with Gasteiger partial charge in [0, 0.05) is 46.9 Å². The van der Waals surface area contributed by atoms with Crippen LogP contribution < -0.4 is 10.6 Å². The second kappa shape index (κ2) is 12.9. The molecule has 23 heavy (non-hydrogen) atoms. The molecule has 7 nitrogen and oxygen atoms in total. The Labute approximate surface area is 139 Å². The molecule has 0 aliphatic rings. The molecule has 0 bridgehead atoms. The van der Waals surface area contributed by atoms with Crippen LogP contribution in [0.3, 0.4) is 0 Å². The fourth-order valence-electron chi connectivity index (χ4n) is 1.89. The quantitative estimate of drug-likeness (QED) is 0.338. The largest absolute Gasteiger partial charge is 0.467 e. The molecule has 0 aliphatic heterocycles. The fraction of sp³-hybridized carbons (Fsp3) is 0.688. The molecule has 0 spiro atoms. The number of methoxy groups -OCH3 is 1. The fourth-order valence-corrected chi connectivity index (χ4v) is 1.89. The molecule has 0 radical (unpaired) electrons. The lowest BCUT2D eigenvalue weighted by atomic mass is 10.4. The molecule has 1 aromatic rings. The minimum absolute atomic E-state index is 0.522. The second-order valence-corrected chi connectivity index (χ2v) is 5.21. The van der Waals surface area contributed by atoms with Crippen LogP contribution in [0.25, 0.3) is 0 Å². The average molecular weight is 326 g/mol. The maximum Gasteiger partial charge on any atom is 0.191 e. The van der Waals surface area contributed by atoms with Gasteiger partial charge in [-0.2, -0.15) is 0 Å². The van der Waals surface area contributed by atoms with Crippen molar-refractivity contribution >= 4 is 5.96 Å². The highest BCUT2D eigenvalue weighted by Gasteiger charge is 2.00. The molecule has 0 aromatic carbocycles. The van der Waals surface area contributed by atoms with Gasteiger partial charge in [-0.1, -0.05) is 0 Å². The molecule has 132 valence electrons. The van der Waals surface area contributed by atoms with Crippen LogP contribution in [0.2, 0.25) is 0 Å². The second-order valence-electron chi connectivity index (χ2n) is 5.21. The molecule has 1 rings (SSSR count). The van der Waals surface area contributed by atoms with Crippen LogP contribution in [0.15, 0.2) is 27.8 Å². The molecule has 2 N–H and O–H groups in total. The Morgan fingerprint density at radius 1 is 1.26 bits per heavy atom. The molecular weight excluding hydrogens is 296 g/mol. The zero-order valence-electron chi connectivity index (χ0n) is 14.5. The Morgan fingerprint density at radius 3 is 2.78 bits per heavy atom. The first-order valence-corrected chi connectivity index (χ1v) is 7.98. The van der Waals surface area contributed by atoms with Crippen LogP contribution in [0.5, 0.6) is 0 Å². The van der Waals surface area contributed by atoms with Crippen molar-refractivity contribution in [2.45, 2.75) is 13.0 Å². The molecule has 1 aromatic heterocycles. The van der Waals surface area contributed by atoms with Gasteiger partial charge < -0.3 is 29.4 Å². The molecule has 0 fully saturated rings. The Kier molecular flexibility index (Phi) is 10.9. The van der Waals surface area contributed by atoms with Crippen LogP contribution in [-0.4, -0.2) is 71.5 Å². The van der Waals surface area contributed by atoms with Crippen molar-refractivity contribution in [3.63, 3.8) is 0 Å². The van der Waals surface area contributed by atoms with E-state index in [0.29, 0.717) is 13.2 Å². The van der Waals surface area contributed by atoms with Crippen LogP contribution >= 0.6 is 0 Å². The van der Waals surface area contributed by atoms with E-state index in [-0.39, 0.29) is 0 Å². The first kappa shape index (κ1) is 19.5. The van der Waals surface area contributed by atoms with E-state index in [0.717, 1.165) is 50.9 Å². The van der Waals surface area contributed by atoms with E-state index < -0.39 is 0 Å². The number of ether oxygens (including phenoxy) is 2. The van der Waals surface area contributed by atoms with Gasteiger partial charge in [-0.25, -0.2) is 0 Å². The Balaban J connectivity index is 1.98. The summed E-state index contributed by atoms with van der Waals surface area (Å²) >= 11 is 0. The van der Waals surface area contributed by atoms with Crippen molar-refractivity contribution < 1.29 is 13.9 Å². The summed E-state index contributed by atoms with van der Waals surface area (Å²) in [5.74, 6) is 1.67. The van der Waals surface area contributed by atoms with Crippen molar-refractivity contribution in [1.82, 2.24) is 15.5 Å². The highest BCUT2D eigenvalue weighted by atomic mass is 16.5. The van der Waals surface area contributed by atoms with Gasteiger partial charge in [0.25, 0.3) is 0 Å². The van der Waals surface area contributed by atoms with Gasteiger partial charge >= 0.3 is 0 Å². The average Bonchev–Trinajstić information content (AvgIpc) is 3.07. The number of furan rings is 1. The van der Waals surface area contributed by atoms with Crippen LogP contribution in [0, 0.1) is 0 Å². The van der Waals surface area contributed by atoms with E-state index in [1.165, 1.54) is 0 Å². The summed E-state index contributed by atoms with van der Waals surface area (Å²) < 4.78 is 15.8. The third-order valence-electron chi connectivity index (χ3n) is 3.27. The summed E-state index contributed by atoms with van der Waals surface area (Å²) in [5, 5.41) is 6.56. The highest BCUT2D eigenvalue weighted by Crippen LogP contribution is 2.01. The molecule has 0 atom stereocenters. The van der Waals surface area contributed by atoms with Gasteiger partial charge in [0.2, 0.25) is 0 Å². The third-order valence-corrected chi connectivity index (χ3v) is 3.27. The lowest BCUT2D eigenvalue weighted by Crippen LogP contribution is -2.41. The number of guanidine groups is 1. The molecule has 0 saturated heterocycles. The van der Waals surface area contributed by atoms with E-state index in [1.54, 1.807) is 20.4 Å². The normalized spacial score (nSPS) is 11.9. The van der Waals surface area contributed by atoms with E-state index in [2.05, 4.69) is 27.6 Å². The van der Waals surface area contributed by atoms with Gasteiger partial charge in [-0.3, -0.25) is 4.99 Å². The smallest absolute Gasteiger partial charge is 0.191 e. The number of nitrogens with zero attached hydrogens (tertiary/aromatic N) is 2. The van der Waals surface area contributed by atoms with Gasteiger partial charge in [0.15, 0.2) is 5.96 Å². The first-order valence-electron chi connectivity index (χ1n) is 7.98. The maximum absolute atomic E-state index is 5.53. The standard InChI is InChI=1S/C16H30N4O3/c1-17-16(19-8-9-20(2)10-13-21-3)18-7-5-11-22-14-15-6-4-12-23-15/h4,6,12H,5,7-11,13-14H2,1-3H3,(H2,17,18,19). The van der Waals surface area contributed by atoms with Gasteiger partial charge in [-0.15, -0.1) is 0 Å². The molecule has 0 amide bonds. The van der Waals surface area contributed by atoms with Gasteiger partial charge in [-0.05, 0) is 25.6 Å². The Morgan fingerprint density at radius 2 is 2.09 bits per heavy atom. The number of rotatable bonds is 12. The predicted molar refractivity (Wildman–Crippen MR) is 91.7 cm³/mol. The number of hydrogen-bond acceptors (Lipinski definition) is 5. The number of nitrogens with one attached hydrogen (secondary N) is 2. The minimum Gasteiger partial charge on any atom is -0.467 e. The third kappa shape index (κ3) is 9.93. The highest BCUT2D eigenvalue weighted by molar-refractivity contribution is 5.79. The van der Waals surface area contributed by atoms with E-state index in [1.807, 2.05) is 12.1 Å². The summed E-state index contributed by atoms with van der Waals surface area (Å²) in [6, 6.07) is 3.77. The molecule has 1 heterocycles. The van der Waals surface area contributed by atoms with Crippen LogP contribution in [-0.2, 0) is 16.1 Å². The summed E-state index contributed by atoms with van der Waals surface area (Å²) in [6.45, 7) is 5.49. The zero-order valence-corrected chi connectivity index (χ0v) is 14.5. The monoisotopic (exact) mass is 326 g/mol. The molecule has 0 saturated carbocycles. The van der Waals surface area contributed by atoms with Crippen molar-refractivity contribution in [2.75, 3.05) is 60.6 Å². The summed E-state index contributed by atoms with van der Waals surface area (Å²) in [6.07, 6.45) is 2.57. The number of likely N-dealkylation sites (N-methyl/N-ethyl adjacent to an activating group) is 1. The Hall–Kier alpha value is -1.57. The zero-order chi connectivity index (χ0) is 16.8.